The third kappa shape index (κ3) is 1.66. The maximum Gasteiger partial charge on any atom is -0.0149 e. The number of hydrogen-bond acceptors (Lipinski definition) is 0. The van der Waals surface area contributed by atoms with Gasteiger partial charge in [0.05, 0.1) is 0 Å². The molecule has 2 saturated carbocycles. The maximum absolute atomic E-state index is 4.32. The van der Waals surface area contributed by atoms with E-state index >= 15 is 0 Å². The molecule has 2 rings (SSSR count). The summed E-state index contributed by atoms with van der Waals surface area (Å²) in [6, 6.07) is 0. The quantitative estimate of drug-likeness (QED) is 0.569. The van der Waals surface area contributed by atoms with Crippen LogP contribution in [0.3, 0.4) is 0 Å². The standard InChI is InChI=1S/C15H26/c1-5-11(2)13-8-9-14-12(3)7-6-10-15(13,14)4/h11,13-14H,3,5-10H2,1-2,4H3/t11?,13?,14-,15?/m0/s1. The predicted molar refractivity (Wildman–Crippen MR) is 66.8 cm³/mol. The molecular formula is C15H26. The van der Waals surface area contributed by atoms with Gasteiger partial charge >= 0.3 is 0 Å². The molecule has 0 aliphatic heterocycles. The molecule has 3 unspecified atom stereocenters. The molecule has 15 heavy (non-hydrogen) atoms. The smallest absolute Gasteiger partial charge is 0.0149 e. The van der Waals surface area contributed by atoms with Crippen molar-refractivity contribution < 1.29 is 0 Å². The van der Waals surface area contributed by atoms with Crippen LogP contribution < -0.4 is 0 Å². The summed E-state index contributed by atoms with van der Waals surface area (Å²) >= 11 is 0. The van der Waals surface area contributed by atoms with Crippen LogP contribution in [0.25, 0.3) is 0 Å². The van der Waals surface area contributed by atoms with Crippen molar-refractivity contribution in [3.63, 3.8) is 0 Å². The Morgan fingerprint density at radius 2 is 2.20 bits per heavy atom. The van der Waals surface area contributed by atoms with Gasteiger partial charge in [0, 0.05) is 0 Å². The monoisotopic (exact) mass is 206 g/mol. The number of fused-ring (bicyclic) bond motifs is 1. The second-order valence-electron chi connectivity index (χ2n) is 6.14. The van der Waals surface area contributed by atoms with Crippen LogP contribution in [-0.2, 0) is 0 Å². The molecule has 0 aromatic carbocycles. The Kier molecular flexibility index (Phi) is 2.96. The van der Waals surface area contributed by atoms with Crippen molar-refractivity contribution in [2.45, 2.75) is 59.3 Å². The minimum Gasteiger partial charge on any atom is -0.0996 e. The van der Waals surface area contributed by atoms with Gasteiger partial charge in [-0.3, -0.25) is 0 Å². The van der Waals surface area contributed by atoms with Crippen molar-refractivity contribution in [3.8, 4) is 0 Å². The molecule has 0 heteroatoms. The van der Waals surface area contributed by atoms with E-state index in [1.54, 1.807) is 5.57 Å². The van der Waals surface area contributed by atoms with Gasteiger partial charge < -0.3 is 0 Å². The highest BCUT2D eigenvalue weighted by Gasteiger charge is 2.49. The van der Waals surface area contributed by atoms with E-state index in [1.165, 1.54) is 38.5 Å². The van der Waals surface area contributed by atoms with Crippen molar-refractivity contribution in [2.75, 3.05) is 0 Å². The van der Waals surface area contributed by atoms with Gasteiger partial charge in [-0.15, -0.1) is 0 Å². The van der Waals surface area contributed by atoms with Gasteiger partial charge in [-0.05, 0) is 55.3 Å². The SMILES string of the molecule is C=C1CCCC2(C)C(C(C)CC)CC[C@@H]12. The summed E-state index contributed by atoms with van der Waals surface area (Å²) in [4.78, 5) is 0. The normalized spacial score (nSPS) is 42.7. The van der Waals surface area contributed by atoms with E-state index in [4.69, 9.17) is 0 Å². The molecule has 0 spiro atoms. The van der Waals surface area contributed by atoms with E-state index in [2.05, 4.69) is 27.4 Å². The summed E-state index contributed by atoms with van der Waals surface area (Å²) in [5.74, 6) is 2.72. The molecule has 86 valence electrons. The predicted octanol–water partition coefficient (Wildman–Crippen LogP) is 4.81. The van der Waals surface area contributed by atoms with Crippen LogP contribution in [0.5, 0.6) is 0 Å². The summed E-state index contributed by atoms with van der Waals surface area (Å²) in [5.41, 5.74) is 2.17. The van der Waals surface area contributed by atoms with Gasteiger partial charge in [0.2, 0.25) is 0 Å². The highest BCUT2D eigenvalue weighted by atomic mass is 14.5. The molecule has 2 aliphatic rings. The van der Waals surface area contributed by atoms with E-state index < -0.39 is 0 Å². The van der Waals surface area contributed by atoms with E-state index in [0.29, 0.717) is 5.41 Å². The van der Waals surface area contributed by atoms with Gasteiger partial charge in [0.15, 0.2) is 0 Å². The minimum absolute atomic E-state index is 0.602. The van der Waals surface area contributed by atoms with Crippen molar-refractivity contribution >= 4 is 0 Å². The highest BCUT2D eigenvalue weighted by molar-refractivity contribution is 5.15. The minimum atomic E-state index is 0.602. The summed E-state index contributed by atoms with van der Waals surface area (Å²) < 4.78 is 0. The van der Waals surface area contributed by atoms with Crippen LogP contribution in [0.15, 0.2) is 12.2 Å². The first-order valence-electron chi connectivity index (χ1n) is 6.77. The van der Waals surface area contributed by atoms with Crippen LogP contribution in [0, 0.1) is 23.2 Å². The Morgan fingerprint density at radius 1 is 1.47 bits per heavy atom. The largest absolute Gasteiger partial charge is 0.0996 e. The van der Waals surface area contributed by atoms with Crippen molar-refractivity contribution in [2.24, 2.45) is 23.2 Å². The fourth-order valence-electron chi connectivity index (χ4n) is 4.38. The first-order valence-corrected chi connectivity index (χ1v) is 6.77. The molecular weight excluding hydrogens is 180 g/mol. The van der Waals surface area contributed by atoms with E-state index in [-0.39, 0.29) is 0 Å². The van der Waals surface area contributed by atoms with Crippen LogP contribution in [-0.4, -0.2) is 0 Å². The lowest BCUT2D eigenvalue weighted by atomic mass is 9.61. The Balaban J connectivity index is 2.21. The Labute approximate surface area is 95.1 Å². The zero-order valence-electron chi connectivity index (χ0n) is 10.7. The summed E-state index contributed by atoms with van der Waals surface area (Å²) in [6.45, 7) is 11.7. The number of allylic oxidation sites excluding steroid dienone is 1. The van der Waals surface area contributed by atoms with Crippen LogP contribution in [0.4, 0.5) is 0 Å². The fourth-order valence-corrected chi connectivity index (χ4v) is 4.38. The second kappa shape index (κ2) is 3.96. The zero-order valence-corrected chi connectivity index (χ0v) is 10.7. The second-order valence-corrected chi connectivity index (χ2v) is 6.14. The number of hydrogen-bond donors (Lipinski definition) is 0. The van der Waals surface area contributed by atoms with E-state index in [9.17, 15) is 0 Å². The third-order valence-electron chi connectivity index (χ3n) is 5.45. The molecule has 2 aliphatic carbocycles. The molecule has 0 amide bonds. The summed E-state index contributed by atoms with van der Waals surface area (Å²) in [5, 5.41) is 0. The lowest BCUT2D eigenvalue weighted by molar-refractivity contribution is 0.0964. The van der Waals surface area contributed by atoms with Gasteiger partial charge in [-0.1, -0.05) is 39.3 Å². The lowest BCUT2D eigenvalue weighted by Gasteiger charge is -2.44. The van der Waals surface area contributed by atoms with Crippen molar-refractivity contribution in [1.82, 2.24) is 0 Å². The molecule has 0 nitrogen and oxygen atoms in total. The molecule has 0 N–H and O–H groups in total. The van der Waals surface area contributed by atoms with Crippen LogP contribution in [0.2, 0.25) is 0 Å². The first kappa shape index (κ1) is 11.2. The fraction of sp³-hybridized carbons (Fsp3) is 0.867. The summed E-state index contributed by atoms with van der Waals surface area (Å²) in [6.07, 6.45) is 8.36. The third-order valence-corrected chi connectivity index (χ3v) is 5.45. The van der Waals surface area contributed by atoms with Crippen LogP contribution in [0.1, 0.15) is 59.3 Å². The van der Waals surface area contributed by atoms with Gasteiger partial charge in [-0.25, -0.2) is 0 Å². The molecule has 0 aromatic rings. The molecule has 0 radical (unpaired) electrons. The van der Waals surface area contributed by atoms with Crippen molar-refractivity contribution in [3.05, 3.63) is 12.2 Å². The molecule has 0 aromatic heterocycles. The van der Waals surface area contributed by atoms with E-state index in [1.807, 2.05) is 0 Å². The molecule has 0 saturated heterocycles. The average molecular weight is 206 g/mol. The average Bonchev–Trinajstić information content (AvgIpc) is 2.56. The molecule has 4 atom stereocenters. The van der Waals surface area contributed by atoms with Gasteiger partial charge in [0.25, 0.3) is 0 Å². The molecule has 0 bridgehead atoms. The molecule has 2 fully saturated rings. The van der Waals surface area contributed by atoms with Gasteiger partial charge in [0.1, 0.15) is 0 Å². The zero-order chi connectivity index (χ0) is 11.1. The number of rotatable bonds is 2. The van der Waals surface area contributed by atoms with Crippen LogP contribution >= 0.6 is 0 Å². The van der Waals surface area contributed by atoms with E-state index in [0.717, 1.165) is 17.8 Å². The lowest BCUT2D eigenvalue weighted by Crippen LogP contribution is -2.35. The Bertz CT molecular complexity index is 253. The first-order chi connectivity index (χ1) is 7.09. The summed E-state index contributed by atoms with van der Waals surface area (Å²) in [7, 11) is 0. The Hall–Kier alpha value is -0.260. The topological polar surface area (TPSA) is 0 Å². The van der Waals surface area contributed by atoms with Crippen molar-refractivity contribution in [1.29, 1.82) is 0 Å². The maximum atomic E-state index is 4.32. The van der Waals surface area contributed by atoms with Gasteiger partial charge in [-0.2, -0.15) is 0 Å². The Morgan fingerprint density at radius 3 is 2.87 bits per heavy atom. The highest BCUT2D eigenvalue weighted by Crippen LogP contribution is 2.59. The molecule has 0 heterocycles.